The largest absolute Gasteiger partial charge is 0.462 e. The average Bonchev–Trinajstić information content (AvgIpc) is 3.33. The van der Waals surface area contributed by atoms with Crippen molar-refractivity contribution < 1.29 is 28.6 Å². The Labute approximate surface area is 418 Å². The highest BCUT2D eigenvalue weighted by Gasteiger charge is 2.19. The average molecular weight is 948 g/mol. The summed E-state index contributed by atoms with van der Waals surface area (Å²) in [7, 11) is 0. The minimum absolute atomic E-state index is 0.0607. The number of esters is 3. The van der Waals surface area contributed by atoms with Gasteiger partial charge in [0.05, 0.1) is 0 Å². The van der Waals surface area contributed by atoms with Crippen molar-refractivity contribution in [2.24, 2.45) is 0 Å². The van der Waals surface area contributed by atoms with Gasteiger partial charge < -0.3 is 14.2 Å². The van der Waals surface area contributed by atoms with E-state index in [1.165, 1.54) is 257 Å². The van der Waals surface area contributed by atoms with E-state index in [0.717, 1.165) is 57.8 Å². The van der Waals surface area contributed by atoms with Gasteiger partial charge in [-0.3, -0.25) is 14.4 Å². The molecule has 0 aliphatic carbocycles. The normalized spacial score (nSPS) is 11.5. The van der Waals surface area contributed by atoms with E-state index in [1.54, 1.807) is 0 Å². The van der Waals surface area contributed by atoms with Crippen molar-refractivity contribution in [3.63, 3.8) is 0 Å². The zero-order valence-electron chi connectivity index (χ0n) is 45.7. The van der Waals surface area contributed by atoms with Crippen LogP contribution >= 0.6 is 0 Å². The number of rotatable bonds is 57. The molecule has 0 saturated heterocycles. The molecule has 0 aromatic carbocycles. The third-order valence-electron chi connectivity index (χ3n) is 14.1. The second-order valence-electron chi connectivity index (χ2n) is 21.0. The molecular weight excluding hydrogens is 829 g/mol. The molecule has 0 unspecified atom stereocenters. The summed E-state index contributed by atoms with van der Waals surface area (Å²) in [6, 6.07) is 0. The monoisotopic (exact) mass is 947 g/mol. The van der Waals surface area contributed by atoms with Crippen molar-refractivity contribution in [1.29, 1.82) is 0 Å². The number of hydrogen-bond acceptors (Lipinski definition) is 6. The number of unbranched alkanes of at least 4 members (excludes halogenated alkanes) is 46. The molecule has 0 heterocycles. The summed E-state index contributed by atoms with van der Waals surface area (Å²) >= 11 is 0. The van der Waals surface area contributed by atoms with Crippen LogP contribution in [-0.2, 0) is 28.6 Å². The van der Waals surface area contributed by atoms with Crippen LogP contribution in [0.1, 0.15) is 355 Å². The Hall–Kier alpha value is -1.59. The molecule has 0 fully saturated rings. The van der Waals surface area contributed by atoms with Gasteiger partial charge in [-0.05, 0) is 19.3 Å². The molecular formula is C61H118O6. The molecule has 0 spiro atoms. The van der Waals surface area contributed by atoms with E-state index in [4.69, 9.17) is 14.2 Å². The first-order chi connectivity index (χ1) is 33.0. The number of carbonyl (C=O) groups excluding carboxylic acids is 3. The fourth-order valence-corrected chi connectivity index (χ4v) is 9.51. The highest BCUT2D eigenvalue weighted by molar-refractivity contribution is 5.71. The maximum Gasteiger partial charge on any atom is 0.306 e. The zero-order valence-corrected chi connectivity index (χ0v) is 45.7. The molecule has 0 bridgehead atoms. The fraction of sp³-hybridized carbons (Fsp3) is 0.951. The van der Waals surface area contributed by atoms with Crippen LogP contribution in [-0.4, -0.2) is 37.2 Å². The molecule has 0 rings (SSSR count). The molecule has 0 saturated carbocycles. The maximum atomic E-state index is 12.9. The van der Waals surface area contributed by atoms with Gasteiger partial charge in [-0.1, -0.05) is 316 Å². The molecule has 0 N–H and O–H groups in total. The van der Waals surface area contributed by atoms with Crippen molar-refractivity contribution in [2.75, 3.05) is 13.2 Å². The van der Waals surface area contributed by atoms with Gasteiger partial charge in [0.25, 0.3) is 0 Å². The SMILES string of the molecule is CCCCCCCCCCCCCCCCCCCC(=O)OCC(COC(=O)CCCCCCCCCCCCCCCCCCC)OC(=O)CCCCCCCCCCCCCCCCC. The Morgan fingerprint density at radius 1 is 0.239 bits per heavy atom. The summed E-state index contributed by atoms with van der Waals surface area (Å²) in [5, 5.41) is 0. The predicted octanol–water partition coefficient (Wildman–Crippen LogP) is 20.3. The number of carbonyl (C=O) groups is 3. The van der Waals surface area contributed by atoms with Gasteiger partial charge in [0.2, 0.25) is 0 Å². The quantitative estimate of drug-likeness (QED) is 0.0343. The van der Waals surface area contributed by atoms with E-state index in [9.17, 15) is 14.4 Å². The van der Waals surface area contributed by atoms with E-state index < -0.39 is 6.10 Å². The van der Waals surface area contributed by atoms with Gasteiger partial charge in [-0.15, -0.1) is 0 Å². The third-order valence-corrected chi connectivity index (χ3v) is 14.1. The topological polar surface area (TPSA) is 78.9 Å². The standard InChI is InChI=1S/C61H118O6/c1-4-7-10-13-16-19-22-25-28-30-33-35-38-41-44-47-50-53-59(62)65-56-58(67-61(64)55-52-49-46-43-40-37-32-27-24-21-18-15-12-9-6-3)57-66-60(63)54-51-48-45-42-39-36-34-31-29-26-23-20-17-14-11-8-5-2/h58H,4-57H2,1-3H3. The molecule has 67 heavy (non-hydrogen) atoms. The molecule has 0 aromatic rings. The van der Waals surface area contributed by atoms with Crippen molar-refractivity contribution in [3.05, 3.63) is 0 Å². The van der Waals surface area contributed by atoms with Crippen molar-refractivity contribution in [3.8, 4) is 0 Å². The van der Waals surface area contributed by atoms with Crippen LogP contribution in [0.15, 0.2) is 0 Å². The van der Waals surface area contributed by atoms with E-state index in [0.29, 0.717) is 19.3 Å². The van der Waals surface area contributed by atoms with Gasteiger partial charge in [0, 0.05) is 19.3 Å². The van der Waals surface area contributed by atoms with Gasteiger partial charge in [-0.2, -0.15) is 0 Å². The molecule has 0 aromatic heterocycles. The molecule has 398 valence electrons. The summed E-state index contributed by atoms with van der Waals surface area (Å²) in [5.74, 6) is -0.827. The minimum atomic E-state index is -0.761. The molecule has 0 aliphatic heterocycles. The lowest BCUT2D eigenvalue weighted by Gasteiger charge is -2.18. The van der Waals surface area contributed by atoms with Crippen LogP contribution in [0.3, 0.4) is 0 Å². The highest BCUT2D eigenvalue weighted by atomic mass is 16.6. The molecule has 6 nitrogen and oxygen atoms in total. The van der Waals surface area contributed by atoms with Crippen LogP contribution in [0.4, 0.5) is 0 Å². The van der Waals surface area contributed by atoms with Crippen molar-refractivity contribution in [1.82, 2.24) is 0 Å². The lowest BCUT2D eigenvalue weighted by molar-refractivity contribution is -0.167. The van der Waals surface area contributed by atoms with Gasteiger partial charge in [0.15, 0.2) is 6.10 Å². The van der Waals surface area contributed by atoms with Crippen LogP contribution in [0.2, 0.25) is 0 Å². The summed E-state index contributed by atoms with van der Waals surface area (Å²) in [6.45, 7) is 6.72. The molecule has 0 radical (unpaired) electrons. The summed E-state index contributed by atoms with van der Waals surface area (Å²) in [6.07, 6.45) is 63.8. The molecule has 0 amide bonds. The van der Waals surface area contributed by atoms with Gasteiger partial charge in [0.1, 0.15) is 13.2 Å². The Balaban J connectivity index is 4.28. The first-order valence-electron chi connectivity index (χ1n) is 30.5. The minimum Gasteiger partial charge on any atom is -0.462 e. The predicted molar refractivity (Wildman–Crippen MR) is 289 cm³/mol. The second-order valence-corrected chi connectivity index (χ2v) is 21.0. The summed E-state index contributed by atoms with van der Waals surface area (Å²) < 4.78 is 16.9. The highest BCUT2D eigenvalue weighted by Crippen LogP contribution is 2.18. The van der Waals surface area contributed by atoms with Crippen molar-refractivity contribution >= 4 is 17.9 Å². The zero-order chi connectivity index (χ0) is 48.6. The molecule has 0 atom stereocenters. The van der Waals surface area contributed by atoms with Crippen LogP contribution in [0.5, 0.6) is 0 Å². The van der Waals surface area contributed by atoms with E-state index >= 15 is 0 Å². The Morgan fingerprint density at radius 2 is 0.403 bits per heavy atom. The van der Waals surface area contributed by atoms with Gasteiger partial charge in [-0.25, -0.2) is 0 Å². The Morgan fingerprint density at radius 3 is 0.597 bits per heavy atom. The van der Waals surface area contributed by atoms with Crippen LogP contribution in [0.25, 0.3) is 0 Å². The third kappa shape index (κ3) is 55.2. The fourth-order valence-electron chi connectivity index (χ4n) is 9.51. The lowest BCUT2D eigenvalue weighted by atomic mass is 10.0. The number of ether oxygens (including phenoxy) is 3. The van der Waals surface area contributed by atoms with Crippen molar-refractivity contribution in [2.45, 2.75) is 361 Å². The first-order valence-corrected chi connectivity index (χ1v) is 30.5. The van der Waals surface area contributed by atoms with E-state index in [1.807, 2.05) is 0 Å². The van der Waals surface area contributed by atoms with E-state index in [2.05, 4.69) is 20.8 Å². The summed E-state index contributed by atoms with van der Waals surface area (Å²) in [5.41, 5.74) is 0. The molecule has 6 heteroatoms. The second kappa shape index (κ2) is 57.0. The number of hydrogen-bond donors (Lipinski definition) is 0. The summed E-state index contributed by atoms with van der Waals surface area (Å²) in [4.78, 5) is 38.2. The van der Waals surface area contributed by atoms with Crippen LogP contribution < -0.4 is 0 Å². The Kier molecular flexibility index (Phi) is 55.6. The van der Waals surface area contributed by atoms with Crippen LogP contribution in [0, 0.1) is 0 Å². The first kappa shape index (κ1) is 65.4. The smallest absolute Gasteiger partial charge is 0.306 e. The Bertz CT molecular complexity index is 944. The van der Waals surface area contributed by atoms with Gasteiger partial charge >= 0.3 is 17.9 Å². The lowest BCUT2D eigenvalue weighted by Crippen LogP contribution is -2.30. The van der Waals surface area contributed by atoms with E-state index in [-0.39, 0.29) is 31.1 Å². The molecule has 0 aliphatic rings. The maximum absolute atomic E-state index is 12.9.